The van der Waals surface area contributed by atoms with Crippen LogP contribution in [0.2, 0.25) is 0 Å². The summed E-state index contributed by atoms with van der Waals surface area (Å²) in [7, 11) is 0. The van der Waals surface area contributed by atoms with Crippen LogP contribution < -0.4 is 5.32 Å². The minimum atomic E-state index is -0.650. The van der Waals surface area contributed by atoms with Crippen LogP contribution in [0.15, 0.2) is 65.7 Å². The van der Waals surface area contributed by atoms with Gasteiger partial charge in [-0.25, -0.2) is 4.99 Å². The highest BCUT2D eigenvalue weighted by atomic mass is 16.5. The molecule has 1 aliphatic carbocycles. The molecular formula is C24H30N2O4. The Labute approximate surface area is 177 Å². The minimum absolute atomic E-state index is 0.0708. The quantitative estimate of drug-likeness (QED) is 0.700. The van der Waals surface area contributed by atoms with Crippen LogP contribution in [0.5, 0.6) is 0 Å². The number of fused-ring (bicyclic) bond motifs is 1. The molecule has 2 aromatic rings. The van der Waals surface area contributed by atoms with Crippen molar-refractivity contribution in [2.45, 2.75) is 50.9 Å². The van der Waals surface area contributed by atoms with Crippen molar-refractivity contribution in [2.24, 2.45) is 10.9 Å². The third-order valence-corrected chi connectivity index (χ3v) is 5.69. The van der Waals surface area contributed by atoms with Crippen molar-refractivity contribution in [1.29, 1.82) is 0 Å². The Bertz CT molecular complexity index is 814. The Balaban J connectivity index is 1.42. The van der Waals surface area contributed by atoms with E-state index in [1.165, 1.54) is 0 Å². The van der Waals surface area contributed by atoms with Crippen LogP contribution in [-0.4, -0.2) is 48.6 Å². The van der Waals surface area contributed by atoms with Gasteiger partial charge in [-0.1, -0.05) is 60.7 Å². The topological polar surface area (TPSA) is 72.3 Å². The molecule has 0 bridgehead atoms. The first-order chi connectivity index (χ1) is 14.7. The molecule has 2 fully saturated rings. The van der Waals surface area contributed by atoms with E-state index >= 15 is 0 Å². The normalized spacial score (nSPS) is 29.3. The lowest BCUT2D eigenvalue weighted by Crippen LogP contribution is -2.57. The summed E-state index contributed by atoms with van der Waals surface area (Å²) in [6.07, 6.45) is -0.451. The molecule has 160 valence electrons. The molecule has 1 saturated carbocycles. The van der Waals surface area contributed by atoms with E-state index in [1.807, 2.05) is 67.6 Å². The lowest BCUT2D eigenvalue weighted by Gasteiger charge is -2.40. The van der Waals surface area contributed by atoms with Gasteiger partial charge >= 0.3 is 0 Å². The number of nitrogens with zero attached hydrogens (tertiary/aromatic N) is 1. The highest BCUT2D eigenvalue weighted by Gasteiger charge is 2.50. The molecule has 2 aromatic carbocycles. The number of aliphatic hydroxyl groups is 1. The molecule has 0 unspecified atom stereocenters. The second-order valence-corrected chi connectivity index (χ2v) is 7.85. The van der Waals surface area contributed by atoms with Crippen molar-refractivity contribution in [2.75, 3.05) is 13.2 Å². The van der Waals surface area contributed by atoms with Crippen LogP contribution in [0, 0.1) is 5.92 Å². The van der Waals surface area contributed by atoms with Crippen molar-refractivity contribution in [1.82, 2.24) is 5.32 Å². The molecular weight excluding hydrogens is 380 g/mol. The number of hydrogen-bond donors (Lipinski definition) is 2. The van der Waals surface area contributed by atoms with E-state index in [0.717, 1.165) is 11.1 Å². The molecule has 2 aliphatic rings. The summed E-state index contributed by atoms with van der Waals surface area (Å²) in [5.74, 6) is -0.0708. The van der Waals surface area contributed by atoms with Crippen molar-refractivity contribution in [3.05, 3.63) is 71.8 Å². The standard InChI is InChI=1S/C24H30N2O4/c1-2-25-24-26-21-20(30-24)13-19(16-28-14-17-9-5-3-6-10-17)22(27)23(21)29-15-18-11-7-4-8-12-18/h3-12,19-23,27H,2,13-16H2,1H3,(H,25,26)/t19-,20+,21-,22-,23-/m1/s1. The van der Waals surface area contributed by atoms with Gasteiger partial charge in [0.15, 0.2) is 0 Å². The van der Waals surface area contributed by atoms with Gasteiger partial charge in [0.25, 0.3) is 6.02 Å². The predicted molar refractivity (Wildman–Crippen MR) is 115 cm³/mol. The van der Waals surface area contributed by atoms with E-state index in [0.29, 0.717) is 38.8 Å². The molecule has 6 heteroatoms. The average Bonchev–Trinajstić information content (AvgIpc) is 3.17. The maximum Gasteiger partial charge on any atom is 0.285 e. The number of nitrogens with one attached hydrogen (secondary N) is 1. The first kappa shape index (κ1) is 20.8. The second-order valence-electron chi connectivity index (χ2n) is 7.85. The summed E-state index contributed by atoms with van der Waals surface area (Å²) >= 11 is 0. The number of hydrogen-bond acceptors (Lipinski definition) is 5. The molecule has 6 nitrogen and oxygen atoms in total. The van der Waals surface area contributed by atoms with Crippen molar-refractivity contribution in [3.8, 4) is 0 Å². The third-order valence-electron chi connectivity index (χ3n) is 5.69. The van der Waals surface area contributed by atoms with E-state index in [4.69, 9.17) is 14.2 Å². The largest absolute Gasteiger partial charge is 0.460 e. The van der Waals surface area contributed by atoms with Crippen LogP contribution in [0.3, 0.4) is 0 Å². The highest BCUT2D eigenvalue weighted by molar-refractivity contribution is 5.76. The van der Waals surface area contributed by atoms with Gasteiger partial charge in [-0.05, 0) is 24.5 Å². The zero-order valence-corrected chi connectivity index (χ0v) is 17.3. The predicted octanol–water partition coefficient (Wildman–Crippen LogP) is 2.90. The number of aliphatic hydroxyl groups excluding tert-OH is 1. The van der Waals surface area contributed by atoms with Crippen molar-refractivity contribution in [3.63, 3.8) is 0 Å². The molecule has 2 N–H and O–H groups in total. The Morgan fingerprint density at radius 3 is 2.37 bits per heavy atom. The van der Waals surface area contributed by atoms with Gasteiger partial charge in [0.1, 0.15) is 12.2 Å². The maximum absolute atomic E-state index is 11.1. The van der Waals surface area contributed by atoms with Crippen LogP contribution in [0.1, 0.15) is 24.5 Å². The van der Waals surface area contributed by atoms with Gasteiger partial charge in [-0.2, -0.15) is 0 Å². The van der Waals surface area contributed by atoms with Gasteiger partial charge in [0, 0.05) is 12.5 Å². The Morgan fingerprint density at radius 2 is 1.70 bits per heavy atom. The van der Waals surface area contributed by atoms with E-state index in [-0.39, 0.29) is 18.1 Å². The van der Waals surface area contributed by atoms with Crippen LogP contribution in [0.4, 0.5) is 0 Å². The number of rotatable bonds is 8. The molecule has 30 heavy (non-hydrogen) atoms. The van der Waals surface area contributed by atoms with Gasteiger partial charge in [-0.3, -0.25) is 0 Å². The SMILES string of the molecule is CCN=C1N[C@H]2[C@@H](OCc3ccccc3)[C@H](O)[C@@H](COCc3ccccc3)C[C@@H]2O1. The molecule has 1 aliphatic heterocycles. The molecule has 1 heterocycles. The summed E-state index contributed by atoms with van der Waals surface area (Å²) in [5.41, 5.74) is 2.19. The zero-order chi connectivity index (χ0) is 20.8. The fourth-order valence-corrected chi connectivity index (χ4v) is 4.16. The molecule has 0 radical (unpaired) electrons. The monoisotopic (exact) mass is 410 g/mol. The van der Waals surface area contributed by atoms with E-state index < -0.39 is 12.2 Å². The van der Waals surface area contributed by atoms with Crippen LogP contribution in [-0.2, 0) is 27.4 Å². The fraction of sp³-hybridized carbons (Fsp3) is 0.458. The molecule has 5 atom stereocenters. The smallest absolute Gasteiger partial charge is 0.285 e. The summed E-state index contributed by atoms with van der Waals surface area (Å²) in [6, 6.07) is 20.5. The lowest BCUT2D eigenvalue weighted by atomic mass is 9.80. The average molecular weight is 411 g/mol. The third kappa shape index (κ3) is 5.01. The van der Waals surface area contributed by atoms with E-state index in [2.05, 4.69) is 10.3 Å². The summed E-state index contributed by atoms with van der Waals surface area (Å²) in [4.78, 5) is 4.37. The van der Waals surface area contributed by atoms with Gasteiger partial charge in [0.05, 0.1) is 32.0 Å². The summed E-state index contributed by atoms with van der Waals surface area (Å²) in [5, 5.41) is 14.4. The highest BCUT2D eigenvalue weighted by Crippen LogP contribution is 2.33. The second kappa shape index (κ2) is 10.1. The number of amidine groups is 1. The van der Waals surface area contributed by atoms with Crippen LogP contribution >= 0.6 is 0 Å². The first-order valence-corrected chi connectivity index (χ1v) is 10.7. The van der Waals surface area contributed by atoms with Crippen molar-refractivity contribution >= 4 is 6.02 Å². The Morgan fingerprint density at radius 1 is 1.03 bits per heavy atom. The summed E-state index contributed by atoms with van der Waals surface area (Å²) in [6.45, 7) is 4.02. The number of benzene rings is 2. The fourth-order valence-electron chi connectivity index (χ4n) is 4.16. The number of aliphatic imine (C=N–C) groups is 1. The minimum Gasteiger partial charge on any atom is -0.460 e. The molecule has 0 amide bonds. The Hall–Kier alpha value is -2.41. The zero-order valence-electron chi connectivity index (χ0n) is 17.3. The van der Waals surface area contributed by atoms with E-state index in [9.17, 15) is 5.11 Å². The lowest BCUT2D eigenvalue weighted by molar-refractivity contribution is -0.135. The van der Waals surface area contributed by atoms with Crippen LogP contribution in [0.25, 0.3) is 0 Å². The van der Waals surface area contributed by atoms with E-state index in [1.54, 1.807) is 0 Å². The Kier molecular flexibility index (Phi) is 7.00. The van der Waals surface area contributed by atoms with Crippen molar-refractivity contribution < 1.29 is 19.3 Å². The summed E-state index contributed by atoms with van der Waals surface area (Å²) < 4.78 is 18.2. The van der Waals surface area contributed by atoms with Gasteiger partial charge in [-0.15, -0.1) is 0 Å². The van der Waals surface area contributed by atoms with Gasteiger partial charge < -0.3 is 24.6 Å². The molecule has 1 saturated heterocycles. The first-order valence-electron chi connectivity index (χ1n) is 10.7. The maximum atomic E-state index is 11.1. The van der Waals surface area contributed by atoms with Gasteiger partial charge in [0.2, 0.25) is 0 Å². The molecule has 0 spiro atoms. The molecule has 0 aromatic heterocycles. The number of ether oxygens (including phenoxy) is 3. The molecule has 4 rings (SSSR count).